The fourth-order valence-corrected chi connectivity index (χ4v) is 2.78. The van der Waals surface area contributed by atoms with E-state index in [1.54, 1.807) is 0 Å². The van der Waals surface area contributed by atoms with E-state index in [9.17, 15) is 5.11 Å². The van der Waals surface area contributed by atoms with Crippen molar-refractivity contribution in [2.75, 3.05) is 0 Å². The SMILES string of the molecule is CCc1cc(CC2(O)CC(C(C)C)C2)n(C)n1. The van der Waals surface area contributed by atoms with Crippen LogP contribution < -0.4 is 0 Å². The molecule has 3 heteroatoms. The molecule has 1 saturated carbocycles. The van der Waals surface area contributed by atoms with Crippen molar-refractivity contribution < 1.29 is 5.11 Å². The molecule has 1 N–H and O–H groups in total. The summed E-state index contributed by atoms with van der Waals surface area (Å²) in [6.07, 6.45) is 3.59. The molecule has 0 atom stereocenters. The van der Waals surface area contributed by atoms with Crippen molar-refractivity contribution >= 4 is 0 Å². The minimum atomic E-state index is -0.478. The number of hydrogen-bond donors (Lipinski definition) is 1. The van der Waals surface area contributed by atoms with Crippen molar-refractivity contribution in [2.45, 2.75) is 52.1 Å². The van der Waals surface area contributed by atoms with Gasteiger partial charge in [-0.15, -0.1) is 0 Å². The highest BCUT2D eigenvalue weighted by Crippen LogP contribution is 2.43. The maximum absolute atomic E-state index is 10.4. The van der Waals surface area contributed by atoms with Gasteiger partial charge in [0, 0.05) is 19.2 Å². The van der Waals surface area contributed by atoms with Crippen LogP contribution in [0.4, 0.5) is 0 Å². The Bertz CT molecular complexity index is 389. The molecule has 1 aliphatic carbocycles. The molecule has 0 aliphatic heterocycles. The topological polar surface area (TPSA) is 38.0 Å². The molecule has 0 saturated heterocycles. The first-order valence-electron chi connectivity index (χ1n) is 6.67. The number of nitrogens with zero attached hydrogens (tertiary/aromatic N) is 2. The average molecular weight is 236 g/mol. The van der Waals surface area contributed by atoms with E-state index in [-0.39, 0.29) is 0 Å². The molecule has 1 aromatic rings. The monoisotopic (exact) mass is 236 g/mol. The highest BCUT2D eigenvalue weighted by atomic mass is 16.3. The Balaban J connectivity index is 1.99. The first-order chi connectivity index (χ1) is 7.93. The molecule has 0 spiro atoms. The van der Waals surface area contributed by atoms with Gasteiger partial charge in [0.25, 0.3) is 0 Å². The van der Waals surface area contributed by atoms with Crippen LogP contribution in [0, 0.1) is 11.8 Å². The zero-order valence-electron chi connectivity index (χ0n) is 11.4. The number of aryl methyl sites for hydroxylation is 2. The highest BCUT2D eigenvalue weighted by molar-refractivity contribution is 5.14. The van der Waals surface area contributed by atoms with Crippen molar-refractivity contribution in [2.24, 2.45) is 18.9 Å². The van der Waals surface area contributed by atoms with Gasteiger partial charge in [-0.25, -0.2) is 0 Å². The summed E-state index contributed by atoms with van der Waals surface area (Å²) in [7, 11) is 1.97. The zero-order valence-corrected chi connectivity index (χ0v) is 11.4. The van der Waals surface area contributed by atoms with Crippen LogP contribution in [-0.2, 0) is 19.9 Å². The Morgan fingerprint density at radius 2 is 2.18 bits per heavy atom. The number of hydrogen-bond acceptors (Lipinski definition) is 2. The summed E-state index contributed by atoms with van der Waals surface area (Å²) in [5.41, 5.74) is 1.80. The second-order valence-corrected chi connectivity index (χ2v) is 5.92. The second kappa shape index (κ2) is 4.45. The Labute approximate surface area is 104 Å². The maximum Gasteiger partial charge on any atom is 0.0708 e. The lowest BCUT2D eigenvalue weighted by atomic mass is 9.64. The molecule has 3 nitrogen and oxygen atoms in total. The first kappa shape index (κ1) is 12.6. The molecule has 0 amide bonds. The molecule has 2 rings (SSSR count). The van der Waals surface area contributed by atoms with Gasteiger partial charge in [-0.3, -0.25) is 4.68 Å². The number of aliphatic hydroxyl groups is 1. The van der Waals surface area contributed by atoms with Gasteiger partial charge in [0.15, 0.2) is 0 Å². The van der Waals surface area contributed by atoms with E-state index in [1.807, 2.05) is 11.7 Å². The molecule has 1 fully saturated rings. The van der Waals surface area contributed by atoms with Gasteiger partial charge < -0.3 is 5.11 Å². The molecule has 17 heavy (non-hydrogen) atoms. The lowest BCUT2D eigenvalue weighted by molar-refractivity contribution is -0.0870. The normalized spacial score (nSPS) is 28.5. The van der Waals surface area contributed by atoms with Crippen molar-refractivity contribution in [1.82, 2.24) is 9.78 Å². The van der Waals surface area contributed by atoms with E-state index in [4.69, 9.17) is 0 Å². The van der Waals surface area contributed by atoms with E-state index >= 15 is 0 Å². The molecule has 1 heterocycles. The second-order valence-electron chi connectivity index (χ2n) is 5.92. The van der Waals surface area contributed by atoms with Gasteiger partial charge in [-0.2, -0.15) is 5.10 Å². The third-order valence-electron chi connectivity index (χ3n) is 4.13. The van der Waals surface area contributed by atoms with E-state index in [0.717, 1.165) is 37.1 Å². The van der Waals surface area contributed by atoms with Gasteiger partial charge in [0.2, 0.25) is 0 Å². The third kappa shape index (κ3) is 2.54. The number of rotatable bonds is 4. The molecule has 0 radical (unpaired) electrons. The minimum absolute atomic E-state index is 0.478. The fraction of sp³-hybridized carbons (Fsp3) is 0.786. The van der Waals surface area contributed by atoms with Crippen LogP contribution in [0.1, 0.15) is 45.0 Å². The lowest BCUT2D eigenvalue weighted by Crippen LogP contribution is -2.47. The Morgan fingerprint density at radius 1 is 1.53 bits per heavy atom. The summed E-state index contributed by atoms with van der Waals surface area (Å²) in [4.78, 5) is 0. The third-order valence-corrected chi connectivity index (χ3v) is 4.13. The summed E-state index contributed by atoms with van der Waals surface area (Å²) in [6.45, 7) is 6.59. The average Bonchev–Trinajstić information content (AvgIpc) is 2.55. The predicted octanol–water partition coefficient (Wildman–Crippen LogP) is 2.32. The molecule has 1 aliphatic rings. The minimum Gasteiger partial charge on any atom is -0.389 e. The van der Waals surface area contributed by atoms with Gasteiger partial charge in [0.1, 0.15) is 0 Å². The molecule has 0 bridgehead atoms. The van der Waals surface area contributed by atoms with Gasteiger partial charge in [-0.05, 0) is 37.2 Å². The van der Waals surface area contributed by atoms with Crippen LogP contribution in [0.25, 0.3) is 0 Å². The standard InChI is InChI=1S/C14H24N2O/c1-5-12-6-13(16(4)15-12)9-14(17)7-11(8-14)10(2)3/h6,10-11,17H,5,7-9H2,1-4H3. The number of aromatic nitrogens is 2. The predicted molar refractivity (Wildman–Crippen MR) is 68.8 cm³/mol. The van der Waals surface area contributed by atoms with Gasteiger partial charge >= 0.3 is 0 Å². The van der Waals surface area contributed by atoms with Crippen LogP contribution in [0.5, 0.6) is 0 Å². The largest absolute Gasteiger partial charge is 0.389 e. The fourth-order valence-electron chi connectivity index (χ4n) is 2.78. The van der Waals surface area contributed by atoms with Crippen LogP contribution in [0.2, 0.25) is 0 Å². The van der Waals surface area contributed by atoms with Crippen molar-refractivity contribution in [3.05, 3.63) is 17.5 Å². The van der Waals surface area contributed by atoms with Crippen molar-refractivity contribution in [3.63, 3.8) is 0 Å². The van der Waals surface area contributed by atoms with E-state index in [1.165, 1.54) is 0 Å². The van der Waals surface area contributed by atoms with Crippen LogP contribution in [-0.4, -0.2) is 20.5 Å². The molecular weight excluding hydrogens is 212 g/mol. The Kier molecular flexibility index (Phi) is 3.30. The summed E-state index contributed by atoms with van der Waals surface area (Å²) < 4.78 is 1.92. The molecule has 96 valence electrons. The smallest absolute Gasteiger partial charge is 0.0708 e. The Morgan fingerprint density at radius 3 is 2.65 bits per heavy atom. The van der Waals surface area contributed by atoms with E-state index < -0.39 is 5.60 Å². The van der Waals surface area contributed by atoms with E-state index in [2.05, 4.69) is 31.9 Å². The van der Waals surface area contributed by atoms with Gasteiger partial charge in [-0.1, -0.05) is 20.8 Å². The summed E-state index contributed by atoms with van der Waals surface area (Å²) >= 11 is 0. The summed E-state index contributed by atoms with van der Waals surface area (Å²) in [5, 5.41) is 14.9. The van der Waals surface area contributed by atoms with Crippen LogP contribution in [0.3, 0.4) is 0 Å². The summed E-state index contributed by atoms with van der Waals surface area (Å²) in [5.74, 6) is 1.38. The highest BCUT2D eigenvalue weighted by Gasteiger charge is 2.44. The maximum atomic E-state index is 10.4. The van der Waals surface area contributed by atoms with Crippen LogP contribution >= 0.6 is 0 Å². The first-order valence-corrected chi connectivity index (χ1v) is 6.67. The molecular formula is C14H24N2O. The molecule has 0 unspecified atom stereocenters. The molecule has 1 aromatic heterocycles. The van der Waals surface area contributed by atoms with E-state index in [0.29, 0.717) is 11.8 Å². The van der Waals surface area contributed by atoms with Crippen molar-refractivity contribution in [1.29, 1.82) is 0 Å². The van der Waals surface area contributed by atoms with Crippen LogP contribution in [0.15, 0.2) is 6.07 Å². The van der Waals surface area contributed by atoms with Gasteiger partial charge in [0.05, 0.1) is 11.3 Å². The quantitative estimate of drug-likeness (QED) is 0.871. The lowest BCUT2D eigenvalue weighted by Gasteiger charge is -2.45. The Hall–Kier alpha value is -0.830. The van der Waals surface area contributed by atoms with Crippen molar-refractivity contribution in [3.8, 4) is 0 Å². The molecule has 0 aromatic carbocycles. The zero-order chi connectivity index (χ0) is 12.6. The summed E-state index contributed by atoms with van der Waals surface area (Å²) in [6, 6.07) is 2.13.